The molecule has 0 atom stereocenters. The average molecular weight is 232 g/mol. The Hall–Kier alpha value is -0.0100. The summed E-state index contributed by atoms with van der Waals surface area (Å²) in [6, 6.07) is 0. The summed E-state index contributed by atoms with van der Waals surface area (Å²) in [5.74, 6) is 0.827. The van der Waals surface area contributed by atoms with Gasteiger partial charge < -0.3 is 0 Å². The summed E-state index contributed by atoms with van der Waals surface area (Å²) in [6.45, 7) is 8.04. The molecule has 0 saturated carbocycles. The fraction of sp³-hybridized carbons (Fsp3) is 0.846. The minimum atomic E-state index is 0.827. The van der Waals surface area contributed by atoms with Crippen molar-refractivity contribution in [3.63, 3.8) is 0 Å². The smallest absolute Gasteiger partial charge is 0.0223 e. The molecule has 0 aromatic heterocycles. The van der Waals surface area contributed by atoms with Gasteiger partial charge in [0.2, 0.25) is 0 Å². The zero-order valence-corrected chi connectivity index (χ0v) is 11.1. The van der Waals surface area contributed by atoms with Crippen molar-refractivity contribution in [2.45, 2.75) is 46.0 Å². The van der Waals surface area contributed by atoms with Crippen LogP contribution in [0.3, 0.4) is 0 Å². The van der Waals surface area contributed by atoms with E-state index in [0.29, 0.717) is 0 Å². The maximum Gasteiger partial charge on any atom is 0.0223 e. The highest BCUT2D eigenvalue weighted by Crippen LogP contribution is 2.05. The predicted octanol–water partition coefficient (Wildman–Crippen LogP) is 4.07. The molecule has 0 radical (unpaired) electrons. The first-order valence-corrected chi connectivity index (χ1v) is 6.78. The molecule has 15 heavy (non-hydrogen) atoms. The number of allylic oxidation sites excluding steroid dienone is 1. The molecule has 0 amide bonds. The number of hydrogen-bond acceptors (Lipinski definition) is 1. The minimum absolute atomic E-state index is 0.827. The van der Waals surface area contributed by atoms with Gasteiger partial charge in [0, 0.05) is 12.4 Å². The first-order chi connectivity index (χ1) is 7.35. The summed E-state index contributed by atoms with van der Waals surface area (Å²) in [6.07, 6.45) is 10.9. The van der Waals surface area contributed by atoms with Gasteiger partial charge in [0.05, 0.1) is 0 Å². The summed E-state index contributed by atoms with van der Waals surface area (Å²) in [5.41, 5.74) is 0. The Balaban J connectivity index is 0.000000288. The molecular formula is C13H26ClN. The van der Waals surface area contributed by atoms with Gasteiger partial charge in [-0.3, -0.25) is 4.90 Å². The molecule has 1 saturated heterocycles. The molecule has 2 heteroatoms. The van der Waals surface area contributed by atoms with Crippen LogP contribution in [0, 0.1) is 0 Å². The van der Waals surface area contributed by atoms with Crippen molar-refractivity contribution < 1.29 is 0 Å². The SMILES string of the molecule is CC=CCN1CCCC1.CCCCCCl. The van der Waals surface area contributed by atoms with Crippen LogP contribution in [0.1, 0.15) is 46.0 Å². The van der Waals surface area contributed by atoms with Gasteiger partial charge in [-0.05, 0) is 39.3 Å². The standard InChI is InChI=1S/C8H15N.C5H11Cl/c1-2-3-6-9-7-4-5-8-9;1-2-3-4-5-6/h2-3H,4-8H2,1H3;2-5H2,1H3. The molecule has 0 bridgehead atoms. The first kappa shape index (κ1) is 15.0. The second kappa shape index (κ2) is 12.1. The van der Waals surface area contributed by atoms with Crippen LogP contribution in [0.5, 0.6) is 0 Å². The normalized spacial score (nSPS) is 16.7. The van der Waals surface area contributed by atoms with E-state index >= 15 is 0 Å². The molecule has 0 aromatic rings. The van der Waals surface area contributed by atoms with Gasteiger partial charge in [0.15, 0.2) is 0 Å². The van der Waals surface area contributed by atoms with Gasteiger partial charge in [0.25, 0.3) is 0 Å². The van der Waals surface area contributed by atoms with Crippen molar-refractivity contribution in [3.05, 3.63) is 12.2 Å². The molecule has 0 aliphatic carbocycles. The number of hydrogen-bond donors (Lipinski definition) is 0. The van der Waals surface area contributed by atoms with Gasteiger partial charge in [-0.2, -0.15) is 0 Å². The van der Waals surface area contributed by atoms with Crippen LogP contribution in [-0.4, -0.2) is 30.4 Å². The van der Waals surface area contributed by atoms with E-state index in [-0.39, 0.29) is 0 Å². The van der Waals surface area contributed by atoms with Crippen molar-refractivity contribution in [2.24, 2.45) is 0 Å². The second-order valence-electron chi connectivity index (χ2n) is 3.97. The average Bonchev–Trinajstić information content (AvgIpc) is 2.77. The molecule has 90 valence electrons. The highest BCUT2D eigenvalue weighted by molar-refractivity contribution is 6.17. The summed E-state index contributed by atoms with van der Waals surface area (Å²) in [4.78, 5) is 2.49. The van der Waals surface area contributed by atoms with Crippen molar-refractivity contribution in [1.29, 1.82) is 0 Å². The van der Waals surface area contributed by atoms with Crippen molar-refractivity contribution in [3.8, 4) is 0 Å². The number of likely N-dealkylation sites (tertiary alicyclic amines) is 1. The number of nitrogens with zero attached hydrogens (tertiary/aromatic N) is 1. The molecule has 1 heterocycles. The molecule has 1 aliphatic heterocycles. The zero-order chi connectivity index (χ0) is 11.4. The molecule has 0 unspecified atom stereocenters. The predicted molar refractivity (Wildman–Crippen MR) is 70.7 cm³/mol. The summed E-state index contributed by atoms with van der Waals surface area (Å²) >= 11 is 5.38. The number of halogens is 1. The Morgan fingerprint density at radius 1 is 1.20 bits per heavy atom. The maximum absolute atomic E-state index is 5.38. The number of unbranched alkanes of at least 4 members (excludes halogenated alkanes) is 2. The monoisotopic (exact) mass is 231 g/mol. The molecule has 0 N–H and O–H groups in total. The molecule has 0 spiro atoms. The van der Waals surface area contributed by atoms with E-state index < -0.39 is 0 Å². The largest absolute Gasteiger partial charge is 0.300 e. The molecule has 0 aromatic carbocycles. The molecule has 1 fully saturated rings. The van der Waals surface area contributed by atoms with E-state index in [9.17, 15) is 0 Å². The molecule has 1 nitrogen and oxygen atoms in total. The Bertz CT molecular complexity index is 135. The van der Waals surface area contributed by atoms with Crippen LogP contribution >= 0.6 is 11.6 Å². The van der Waals surface area contributed by atoms with Crippen LogP contribution in [0.15, 0.2) is 12.2 Å². The van der Waals surface area contributed by atoms with Crippen LogP contribution in [-0.2, 0) is 0 Å². The first-order valence-electron chi connectivity index (χ1n) is 6.24. The molecular weight excluding hydrogens is 206 g/mol. The molecule has 1 aliphatic rings. The van der Waals surface area contributed by atoms with Crippen LogP contribution < -0.4 is 0 Å². The Labute approximate surface area is 100 Å². The van der Waals surface area contributed by atoms with Crippen LogP contribution in [0.25, 0.3) is 0 Å². The van der Waals surface area contributed by atoms with E-state index in [1.54, 1.807) is 0 Å². The van der Waals surface area contributed by atoms with Crippen molar-refractivity contribution in [2.75, 3.05) is 25.5 Å². The summed E-state index contributed by atoms with van der Waals surface area (Å²) in [7, 11) is 0. The summed E-state index contributed by atoms with van der Waals surface area (Å²) < 4.78 is 0. The quantitative estimate of drug-likeness (QED) is 0.392. The lowest BCUT2D eigenvalue weighted by molar-refractivity contribution is 0.377. The number of alkyl halides is 1. The maximum atomic E-state index is 5.38. The zero-order valence-electron chi connectivity index (χ0n) is 10.3. The fourth-order valence-corrected chi connectivity index (χ4v) is 1.75. The van der Waals surface area contributed by atoms with E-state index in [4.69, 9.17) is 11.6 Å². The highest BCUT2D eigenvalue weighted by Gasteiger charge is 2.07. The van der Waals surface area contributed by atoms with E-state index in [1.807, 2.05) is 0 Å². The minimum Gasteiger partial charge on any atom is -0.300 e. The van der Waals surface area contributed by atoms with Gasteiger partial charge >= 0.3 is 0 Å². The van der Waals surface area contributed by atoms with Crippen LogP contribution in [0.2, 0.25) is 0 Å². The van der Waals surface area contributed by atoms with Crippen molar-refractivity contribution >= 4 is 11.6 Å². The summed E-state index contributed by atoms with van der Waals surface area (Å²) in [5, 5.41) is 0. The highest BCUT2D eigenvalue weighted by atomic mass is 35.5. The van der Waals surface area contributed by atoms with Gasteiger partial charge in [-0.1, -0.05) is 31.9 Å². The van der Waals surface area contributed by atoms with E-state index in [2.05, 4.69) is 30.9 Å². The lowest BCUT2D eigenvalue weighted by Gasteiger charge is -2.09. The second-order valence-corrected chi connectivity index (χ2v) is 4.35. The number of rotatable bonds is 5. The van der Waals surface area contributed by atoms with Gasteiger partial charge in [0.1, 0.15) is 0 Å². The lowest BCUT2D eigenvalue weighted by atomic mass is 10.3. The Kier molecular flexibility index (Phi) is 12.1. The van der Waals surface area contributed by atoms with Crippen molar-refractivity contribution in [1.82, 2.24) is 4.90 Å². The Morgan fingerprint density at radius 2 is 1.87 bits per heavy atom. The fourth-order valence-electron chi connectivity index (χ4n) is 1.56. The third-order valence-electron chi connectivity index (χ3n) is 2.54. The van der Waals surface area contributed by atoms with E-state index in [1.165, 1.54) is 45.2 Å². The third kappa shape index (κ3) is 10.3. The lowest BCUT2D eigenvalue weighted by Crippen LogP contribution is -2.18. The Morgan fingerprint density at radius 3 is 2.27 bits per heavy atom. The van der Waals surface area contributed by atoms with Gasteiger partial charge in [-0.25, -0.2) is 0 Å². The molecule has 1 rings (SSSR count). The van der Waals surface area contributed by atoms with E-state index in [0.717, 1.165) is 12.4 Å². The topological polar surface area (TPSA) is 3.24 Å². The third-order valence-corrected chi connectivity index (χ3v) is 2.80. The van der Waals surface area contributed by atoms with Crippen LogP contribution in [0.4, 0.5) is 0 Å². The van der Waals surface area contributed by atoms with Gasteiger partial charge in [-0.15, -0.1) is 11.6 Å².